The van der Waals surface area contributed by atoms with Crippen LogP contribution in [-0.4, -0.2) is 48.2 Å². The quantitative estimate of drug-likeness (QED) is 0.152. The van der Waals surface area contributed by atoms with E-state index in [0.29, 0.717) is 38.8 Å². The fourth-order valence-electron chi connectivity index (χ4n) is 6.05. The van der Waals surface area contributed by atoms with Crippen molar-refractivity contribution in [2.75, 3.05) is 0 Å². The average molecular weight is 886 g/mol. The summed E-state index contributed by atoms with van der Waals surface area (Å²) in [4.78, 5) is 26.3. The van der Waals surface area contributed by atoms with Gasteiger partial charge in [-0.3, -0.25) is 0 Å². The van der Waals surface area contributed by atoms with E-state index in [1.165, 1.54) is 30.3 Å². The summed E-state index contributed by atoms with van der Waals surface area (Å²) >= 11 is 17.9. The molecule has 0 radical (unpaired) electrons. The summed E-state index contributed by atoms with van der Waals surface area (Å²) in [5, 5.41) is 1.09. The number of aromatic nitrogens is 6. The molecule has 1 aliphatic heterocycles. The molecule has 0 aliphatic carbocycles. The predicted octanol–water partition coefficient (Wildman–Crippen LogP) is 12.3. The second-order valence-electron chi connectivity index (χ2n) is 14.9. The molecule has 0 amide bonds. The highest BCUT2D eigenvalue weighted by atomic mass is 35.5. The molecule has 310 valence electrons. The number of benzene rings is 6. The second-order valence-corrected chi connectivity index (χ2v) is 16.1. The summed E-state index contributed by atoms with van der Waals surface area (Å²) in [6.45, 7) is 7.70. The van der Waals surface area contributed by atoms with Crippen LogP contribution in [0.5, 0.6) is 0 Å². The van der Waals surface area contributed by atoms with Crippen LogP contribution >= 0.6 is 34.8 Å². The largest absolute Gasteiger partial charge is 0.497 e. The van der Waals surface area contributed by atoms with Crippen molar-refractivity contribution in [3.63, 3.8) is 0 Å². The van der Waals surface area contributed by atoms with E-state index in [-0.39, 0.29) is 22.5 Å². The number of hydrogen-bond donors (Lipinski definition) is 0. The van der Waals surface area contributed by atoms with Crippen molar-refractivity contribution < 1.29 is 18.1 Å². The number of halogens is 5. The van der Waals surface area contributed by atoms with Crippen LogP contribution in [0, 0.1) is 11.6 Å². The lowest BCUT2D eigenvalue weighted by atomic mass is 9.79. The maximum atomic E-state index is 14.4. The van der Waals surface area contributed by atoms with Gasteiger partial charge in [-0.25, -0.2) is 28.7 Å². The standard InChI is InChI=1S/C21H13ClFN3.C15H10ClN3.C12H15BClFO2/c22-16-11-12-18(23)17(13-16)21-25-19(14-7-3-1-4-8-14)24-20(26-21)15-9-5-2-6-10-15;16-15-18-13(11-7-3-1-4-8-11)17-14(19-15)12-9-5-2-6-10-12;1-11(2)12(3,4)17-13(16-11)9-7-8(14)5-6-10(9)15/h1-13H;1-10H;5-7H,1-4H3. The van der Waals surface area contributed by atoms with Crippen molar-refractivity contribution >= 4 is 47.4 Å². The molecule has 14 heteroatoms. The molecular formula is C48H38BCl3F2N6O2. The average Bonchev–Trinajstić information content (AvgIpc) is 3.51. The molecule has 0 saturated carbocycles. The van der Waals surface area contributed by atoms with Gasteiger partial charge in [0.15, 0.2) is 29.1 Å². The first-order valence-electron chi connectivity index (χ1n) is 19.4. The summed E-state index contributed by atoms with van der Waals surface area (Å²) in [5.74, 6) is 1.57. The summed E-state index contributed by atoms with van der Waals surface area (Å²) in [5.41, 5.74) is 3.13. The van der Waals surface area contributed by atoms with E-state index in [0.717, 1.165) is 22.3 Å². The maximum Gasteiger partial charge on any atom is 0.497 e. The van der Waals surface area contributed by atoms with E-state index in [2.05, 4.69) is 29.9 Å². The molecule has 0 atom stereocenters. The number of hydrogen-bond acceptors (Lipinski definition) is 8. The molecule has 0 N–H and O–H groups in total. The lowest BCUT2D eigenvalue weighted by Crippen LogP contribution is -2.41. The van der Waals surface area contributed by atoms with Gasteiger partial charge in [-0.15, -0.1) is 0 Å². The summed E-state index contributed by atoms with van der Waals surface area (Å²) < 4.78 is 39.6. The van der Waals surface area contributed by atoms with Crippen LogP contribution in [0.2, 0.25) is 15.3 Å². The highest BCUT2D eigenvalue weighted by molar-refractivity contribution is 6.62. The molecule has 0 spiro atoms. The van der Waals surface area contributed by atoms with Crippen LogP contribution in [0.15, 0.2) is 158 Å². The predicted molar refractivity (Wildman–Crippen MR) is 244 cm³/mol. The lowest BCUT2D eigenvalue weighted by molar-refractivity contribution is 0.00578. The van der Waals surface area contributed by atoms with Crippen LogP contribution in [0.3, 0.4) is 0 Å². The molecule has 1 aliphatic rings. The van der Waals surface area contributed by atoms with Crippen LogP contribution in [0.1, 0.15) is 27.7 Å². The van der Waals surface area contributed by atoms with Crippen LogP contribution < -0.4 is 5.46 Å². The molecule has 8 nitrogen and oxygen atoms in total. The summed E-state index contributed by atoms with van der Waals surface area (Å²) in [6, 6.07) is 47.2. The third-order valence-corrected chi connectivity index (χ3v) is 10.6. The fourth-order valence-corrected chi connectivity index (χ4v) is 6.56. The minimum Gasteiger partial charge on any atom is -0.399 e. The molecule has 3 heterocycles. The molecule has 8 aromatic rings. The maximum absolute atomic E-state index is 14.4. The Kier molecular flexibility index (Phi) is 13.8. The van der Waals surface area contributed by atoms with Gasteiger partial charge in [0.1, 0.15) is 11.6 Å². The molecule has 62 heavy (non-hydrogen) atoms. The van der Waals surface area contributed by atoms with E-state index in [4.69, 9.17) is 44.1 Å². The van der Waals surface area contributed by atoms with E-state index < -0.39 is 24.1 Å². The van der Waals surface area contributed by atoms with Crippen LogP contribution in [0.4, 0.5) is 8.78 Å². The Morgan fingerprint density at radius 1 is 0.419 bits per heavy atom. The molecule has 1 saturated heterocycles. The molecular weight excluding hydrogens is 848 g/mol. The Hall–Kier alpha value is -5.95. The molecule has 0 unspecified atom stereocenters. The normalized spacial score (nSPS) is 13.7. The Morgan fingerprint density at radius 3 is 1.16 bits per heavy atom. The van der Waals surface area contributed by atoms with Gasteiger partial charge < -0.3 is 9.31 Å². The van der Waals surface area contributed by atoms with Crippen molar-refractivity contribution in [1.29, 1.82) is 0 Å². The van der Waals surface area contributed by atoms with Crippen LogP contribution in [0.25, 0.3) is 56.9 Å². The van der Waals surface area contributed by atoms with Crippen molar-refractivity contribution in [2.45, 2.75) is 38.9 Å². The topological polar surface area (TPSA) is 95.8 Å². The summed E-state index contributed by atoms with van der Waals surface area (Å²) in [6.07, 6.45) is 0. The van der Waals surface area contributed by atoms with E-state index in [1.54, 1.807) is 6.07 Å². The lowest BCUT2D eigenvalue weighted by Gasteiger charge is -2.32. The smallest absolute Gasteiger partial charge is 0.399 e. The van der Waals surface area contributed by atoms with Crippen molar-refractivity contribution in [3.8, 4) is 56.9 Å². The molecule has 9 rings (SSSR count). The monoisotopic (exact) mass is 884 g/mol. The minimum absolute atomic E-state index is 0.202. The third kappa shape index (κ3) is 10.7. The van der Waals surface area contributed by atoms with E-state index >= 15 is 0 Å². The second kappa shape index (κ2) is 19.4. The third-order valence-electron chi connectivity index (χ3n) is 10.0. The zero-order valence-electron chi connectivity index (χ0n) is 34.0. The SMILES string of the molecule is CC1(C)OB(c2cc(Cl)ccc2F)OC1(C)C.Clc1nc(-c2ccccc2)nc(-c2ccccc2)n1.Fc1ccc(Cl)cc1-c1nc(-c2ccccc2)nc(-c2ccccc2)n1. The molecule has 0 bridgehead atoms. The highest BCUT2D eigenvalue weighted by Crippen LogP contribution is 2.37. The summed E-state index contributed by atoms with van der Waals surface area (Å²) in [7, 11) is -0.710. The van der Waals surface area contributed by atoms with Gasteiger partial charge in [0, 0.05) is 37.8 Å². The zero-order chi connectivity index (χ0) is 43.9. The van der Waals surface area contributed by atoms with Gasteiger partial charge >= 0.3 is 7.12 Å². The van der Waals surface area contributed by atoms with E-state index in [9.17, 15) is 8.78 Å². The van der Waals surface area contributed by atoms with Gasteiger partial charge in [-0.05, 0) is 75.7 Å². The Morgan fingerprint density at radius 2 is 0.758 bits per heavy atom. The first-order valence-corrected chi connectivity index (χ1v) is 20.5. The van der Waals surface area contributed by atoms with Crippen LogP contribution in [-0.2, 0) is 9.31 Å². The Bertz CT molecular complexity index is 2650. The van der Waals surface area contributed by atoms with E-state index in [1.807, 2.05) is 149 Å². The first kappa shape index (κ1) is 44.1. The van der Waals surface area contributed by atoms with Gasteiger partial charge in [0.25, 0.3) is 0 Å². The molecule has 6 aromatic carbocycles. The van der Waals surface area contributed by atoms with Gasteiger partial charge in [0.05, 0.1) is 16.8 Å². The van der Waals surface area contributed by atoms with Crippen molar-refractivity contribution in [1.82, 2.24) is 29.9 Å². The fraction of sp³-hybridized carbons (Fsp3) is 0.125. The zero-order valence-corrected chi connectivity index (χ0v) is 36.2. The van der Waals surface area contributed by atoms with Crippen molar-refractivity contribution in [3.05, 3.63) is 185 Å². The Balaban J connectivity index is 0.000000144. The van der Waals surface area contributed by atoms with Gasteiger partial charge in [-0.1, -0.05) is 145 Å². The van der Waals surface area contributed by atoms with Gasteiger partial charge in [-0.2, -0.15) is 9.97 Å². The Labute approximate surface area is 374 Å². The molecule has 1 fully saturated rings. The highest BCUT2D eigenvalue weighted by Gasteiger charge is 2.52. The minimum atomic E-state index is -0.710. The number of nitrogens with zero attached hydrogens (tertiary/aromatic N) is 6. The molecule has 2 aromatic heterocycles. The number of rotatable bonds is 6. The first-order chi connectivity index (χ1) is 29.8. The van der Waals surface area contributed by atoms with Gasteiger partial charge in [0.2, 0.25) is 5.28 Å². The van der Waals surface area contributed by atoms with Crippen molar-refractivity contribution in [2.24, 2.45) is 0 Å².